The Kier molecular flexibility index (Phi) is 3.99. The van der Waals surface area contributed by atoms with Crippen molar-refractivity contribution in [2.24, 2.45) is 0 Å². The highest BCUT2D eigenvalue weighted by Gasteiger charge is 2.36. The Morgan fingerprint density at radius 3 is 2.71 bits per heavy atom. The van der Waals surface area contributed by atoms with Crippen molar-refractivity contribution in [1.29, 1.82) is 5.26 Å². The number of benzene rings is 2. The Morgan fingerprint density at radius 2 is 2.04 bits per heavy atom. The molecular weight excluding hydrogens is 348 g/mol. The second kappa shape index (κ2) is 5.85. The van der Waals surface area contributed by atoms with E-state index in [-0.39, 0.29) is 21.8 Å². The molecule has 0 fully saturated rings. The zero-order chi connectivity index (χ0) is 17.5. The fourth-order valence-electron chi connectivity index (χ4n) is 2.55. The minimum atomic E-state index is -3.56. The standard InChI is InChI=1S/C16H12N2O4S2/c1-23-13-7-10(6-11(8-17)15(13)19)16(20)18-9-24(21,22)14-5-3-2-4-12(14)18/h2-7,19H,9H2,1H3. The van der Waals surface area contributed by atoms with Crippen LogP contribution >= 0.6 is 11.8 Å². The van der Waals surface area contributed by atoms with Gasteiger partial charge in [0.1, 0.15) is 17.7 Å². The third-order valence-electron chi connectivity index (χ3n) is 3.70. The van der Waals surface area contributed by atoms with Gasteiger partial charge in [-0.15, -0.1) is 11.8 Å². The monoisotopic (exact) mass is 360 g/mol. The average Bonchev–Trinajstić information content (AvgIpc) is 2.86. The maximum Gasteiger partial charge on any atom is 0.259 e. The maximum atomic E-state index is 12.8. The second-order valence-corrected chi connectivity index (χ2v) is 7.91. The number of para-hydroxylation sites is 1. The number of hydrogen-bond donors (Lipinski definition) is 1. The number of anilines is 1. The summed E-state index contributed by atoms with van der Waals surface area (Å²) >= 11 is 1.19. The molecule has 2 aromatic carbocycles. The van der Waals surface area contributed by atoms with E-state index in [0.29, 0.717) is 10.6 Å². The summed E-state index contributed by atoms with van der Waals surface area (Å²) in [4.78, 5) is 14.5. The van der Waals surface area contributed by atoms with E-state index in [1.165, 1.54) is 34.9 Å². The van der Waals surface area contributed by atoms with Crippen molar-refractivity contribution >= 4 is 33.2 Å². The third-order valence-corrected chi connectivity index (χ3v) is 6.06. The zero-order valence-electron chi connectivity index (χ0n) is 12.6. The summed E-state index contributed by atoms with van der Waals surface area (Å²) in [6.07, 6.45) is 1.71. The van der Waals surface area contributed by atoms with Crippen molar-refractivity contribution in [3.05, 3.63) is 47.5 Å². The zero-order valence-corrected chi connectivity index (χ0v) is 14.2. The van der Waals surface area contributed by atoms with Gasteiger partial charge in [0.2, 0.25) is 0 Å². The highest BCUT2D eigenvalue weighted by Crippen LogP contribution is 2.36. The quantitative estimate of drug-likeness (QED) is 0.826. The molecular formula is C16H12N2O4S2. The van der Waals surface area contributed by atoms with Crippen molar-refractivity contribution in [3.8, 4) is 11.8 Å². The van der Waals surface area contributed by atoms with E-state index in [1.54, 1.807) is 24.5 Å². The van der Waals surface area contributed by atoms with Crippen LogP contribution in [0.3, 0.4) is 0 Å². The molecule has 1 aliphatic rings. The highest BCUT2D eigenvalue weighted by atomic mass is 32.2. The molecule has 1 aliphatic heterocycles. The first-order valence-corrected chi connectivity index (χ1v) is 9.71. The van der Waals surface area contributed by atoms with Crippen LogP contribution in [0.4, 0.5) is 5.69 Å². The van der Waals surface area contributed by atoms with Crippen molar-refractivity contribution < 1.29 is 18.3 Å². The van der Waals surface area contributed by atoms with E-state index in [1.807, 2.05) is 6.07 Å². The van der Waals surface area contributed by atoms with Gasteiger partial charge in [-0.1, -0.05) is 12.1 Å². The Hall–Kier alpha value is -2.50. The number of nitrogens with zero attached hydrogens (tertiary/aromatic N) is 2. The van der Waals surface area contributed by atoms with Gasteiger partial charge < -0.3 is 5.11 Å². The van der Waals surface area contributed by atoms with Gasteiger partial charge >= 0.3 is 0 Å². The number of rotatable bonds is 2. The van der Waals surface area contributed by atoms with Crippen molar-refractivity contribution in [2.45, 2.75) is 9.79 Å². The molecule has 24 heavy (non-hydrogen) atoms. The van der Waals surface area contributed by atoms with Crippen molar-refractivity contribution in [3.63, 3.8) is 0 Å². The third kappa shape index (κ3) is 2.52. The Labute approximate surface area is 143 Å². The summed E-state index contributed by atoms with van der Waals surface area (Å²) in [5.74, 6) is -1.16. The molecule has 1 heterocycles. The minimum absolute atomic E-state index is 0.0273. The highest BCUT2D eigenvalue weighted by molar-refractivity contribution is 7.98. The van der Waals surface area contributed by atoms with Gasteiger partial charge in [0.25, 0.3) is 5.91 Å². The van der Waals surface area contributed by atoms with E-state index < -0.39 is 21.6 Å². The number of fused-ring (bicyclic) bond motifs is 1. The molecule has 0 aliphatic carbocycles. The molecule has 1 amide bonds. The summed E-state index contributed by atoms with van der Waals surface area (Å²) in [6.45, 7) is 0. The number of aromatic hydroxyl groups is 1. The van der Waals surface area contributed by atoms with Crippen LogP contribution in [0.1, 0.15) is 15.9 Å². The van der Waals surface area contributed by atoms with E-state index in [2.05, 4.69) is 0 Å². The molecule has 0 spiro atoms. The minimum Gasteiger partial charge on any atom is -0.505 e. The van der Waals surface area contributed by atoms with E-state index in [0.717, 1.165) is 0 Å². The van der Waals surface area contributed by atoms with Gasteiger partial charge in [-0.05, 0) is 30.5 Å². The van der Waals surface area contributed by atoms with Crippen LogP contribution < -0.4 is 4.90 Å². The van der Waals surface area contributed by atoms with Crippen LogP contribution in [0.15, 0.2) is 46.2 Å². The summed E-state index contributed by atoms with van der Waals surface area (Å²) in [6, 6.07) is 10.9. The lowest BCUT2D eigenvalue weighted by molar-refractivity contribution is 0.0991. The van der Waals surface area contributed by atoms with Gasteiger partial charge in [-0.25, -0.2) is 8.42 Å². The molecule has 0 saturated heterocycles. The van der Waals surface area contributed by atoms with Crippen LogP contribution in [-0.2, 0) is 9.84 Å². The first kappa shape index (κ1) is 16.4. The first-order chi connectivity index (χ1) is 11.4. The number of phenolic OH excluding ortho intramolecular Hbond substituents is 1. The Bertz CT molecular complexity index is 994. The maximum absolute atomic E-state index is 12.8. The Morgan fingerprint density at radius 1 is 1.33 bits per heavy atom. The van der Waals surface area contributed by atoms with Gasteiger partial charge in [-0.3, -0.25) is 9.69 Å². The number of thioether (sulfide) groups is 1. The molecule has 6 nitrogen and oxygen atoms in total. The predicted molar refractivity (Wildman–Crippen MR) is 89.9 cm³/mol. The summed E-state index contributed by atoms with van der Waals surface area (Å²) in [5.41, 5.74) is 0.445. The van der Waals surface area contributed by atoms with Crippen LogP contribution in [-0.4, -0.2) is 31.6 Å². The molecule has 122 valence electrons. The number of sulfone groups is 1. The second-order valence-electron chi connectivity index (χ2n) is 5.13. The lowest BCUT2D eigenvalue weighted by atomic mass is 10.1. The van der Waals surface area contributed by atoms with Crippen LogP contribution in [0.2, 0.25) is 0 Å². The molecule has 0 radical (unpaired) electrons. The molecule has 0 unspecified atom stereocenters. The van der Waals surface area contributed by atoms with Crippen LogP contribution in [0.5, 0.6) is 5.75 Å². The molecule has 3 rings (SSSR count). The molecule has 2 aromatic rings. The molecule has 0 aromatic heterocycles. The average molecular weight is 360 g/mol. The Balaban J connectivity index is 2.11. The van der Waals surface area contributed by atoms with E-state index in [4.69, 9.17) is 5.26 Å². The topological polar surface area (TPSA) is 98.5 Å². The number of carbonyl (C=O) groups is 1. The first-order valence-electron chi connectivity index (χ1n) is 6.84. The lowest BCUT2D eigenvalue weighted by Crippen LogP contribution is -2.30. The van der Waals surface area contributed by atoms with Gasteiger partial charge in [-0.2, -0.15) is 5.26 Å². The molecule has 0 bridgehead atoms. The molecule has 8 heteroatoms. The lowest BCUT2D eigenvalue weighted by Gasteiger charge is -2.16. The van der Waals surface area contributed by atoms with Gasteiger partial charge in [0.05, 0.1) is 21.0 Å². The van der Waals surface area contributed by atoms with Crippen LogP contribution in [0.25, 0.3) is 0 Å². The number of phenols is 1. The SMILES string of the molecule is CSc1cc(C(=O)N2CS(=O)(=O)c3ccccc32)cc(C#N)c1O. The van der Waals surface area contributed by atoms with Crippen molar-refractivity contribution in [2.75, 3.05) is 17.0 Å². The van der Waals surface area contributed by atoms with Gasteiger partial charge in [0, 0.05) is 5.56 Å². The smallest absolute Gasteiger partial charge is 0.259 e. The molecule has 0 atom stereocenters. The number of amides is 1. The van der Waals surface area contributed by atoms with E-state index in [9.17, 15) is 18.3 Å². The van der Waals surface area contributed by atoms with Crippen LogP contribution in [0, 0.1) is 11.3 Å². The normalized spacial score (nSPS) is 14.9. The summed E-state index contributed by atoms with van der Waals surface area (Å²) in [5, 5.41) is 19.0. The summed E-state index contributed by atoms with van der Waals surface area (Å²) in [7, 11) is -3.56. The van der Waals surface area contributed by atoms with Gasteiger partial charge in [0.15, 0.2) is 9.84 Å². The fourth-order valence-corrected chi connectivity index (χ4v) is 4.61. The molecule has 0 saturated carbocycles. The van der Waals surface area contributed by atoms with E-state index >= 15 is 0 Å². The summed E-state index contributed by atoms with van der Waals surface area (Å²) < 4.78 is 24.4. The number of hydrogen-bond acceptors (Lipinski definition) is 6. The number of carbonyl (C=O) groups excluding carboxylic acids is 1. The molecule has 1 N–H and O–H groups in total. The largest absolute Gasteiger partial charge is 0.505 e. The van der Waals surface area contributed by atoms with Crippen molar-refractivity contribution in [1.82, 2.24) is 0 Å². The number of nitriles is 1. The predicted octanol–water partition coefficient (Wildman–Crippen LogP) is 2.38. The fraction of sp³-hybridized carbons (Fsp3) is 0.125.